The van der Waals surface area contributed by atoms with E-state index < -0.39 is 0 Å². The second-order valence-corrected chi connectivity index (χ2v) is 4.62. The van der Waals surface area contributed by atoms with Gasteiger partial charge in [-0.1, -0.05) is 11.6 Å². The largest absolute Gasteiger partial charge is 0.496 e. The first kappa shape index (κ1) is 16.2. The van der Waals surface area contributed by atoms with Crippen molar-refractivity contribution >= 4 is 11.7 Å². The third-order valence-electron chi connectivity index (χ3n) is 2.94. The lowest BCUT2D eigenvalue weighted by Gasteiger charge is -2.09. The zero-order valence-corrected chi connectivity index (χ0v) is 12.1. The molecule has 1 rings (SSSR count). The maximum atomic E-state index is 12.1. The molecule has 5 nitrogen and oxygen atoms in total. The van der Waals surface area contributed by atoms with Crippen LogP contribution in [0.2, 0.25) is 0 Å². The lowest BCUT2D eigenvalue weighted by molar-refractivity contribution is -0.121. The van der Waals surface area contributed by atoms with E-state index in [0.29, 0.717) is 24.4 Å². The molecule has 0 aliphatic heterocycles. The summed E-state index contributed by atoms with van der Waals surface area (Å²) in [6, 6.07) is 5.44. The summed E-state index contributed by atoms with van der Waals surface area (Å²) < 4.78 is 5.17. The molecule has 0 aliphatic carbocycles. The molecule has 0 atom stereocenters. The van der Waals surface area contributed by atoms with Gasteiger partial charge in [0.1, 0.15) is 5.75 Å². The second kappa shape index (κ2) is 8.32. The Labute approximate surface area is 119 Å². The molecule has 0 bridgehead atoms. The van der Waals surface area contributed by atoms with Crippen LogP contribution in [0.4, 0.5) is 0 Å². The average molecular weight is 278 g/mol. The number of ketones is 1. The molecule has 0 saturated heterocycles. The van der Waals surface area contributed by atoms with Crippen molar-refractivity contribution < 1.29 is 14.3 Å². The van der Waals surface area contributed by atoms with Crippen molar-refractivity contribution in [2.45, 2.75) is 26.2 Å². The summed E-state index contributed by atoms with van der Waals surface area (Å²) in [5.74, 6) is 0.335. The van der Waals surface area contributed by atoms with Crippen LogP contribution in [-0.2, 0) is 4.79 Å². The predicted molar refractivity (Wildman–Crippen MR) is 78.0 cm³/mol. The van der Waals surface area contributed by atoms with Gasteiger partial charge in [0.25, 0.3) is 0 Å². The van der Waals surface area contributed by atoms with Crippen LogP contribution >= 0.6 is 0 Å². The van der Waals surface area contributed by atoms with Gasteiger partial charge in [-0.2, -0.15) is 0 Å². The molecule has 1 aromatic carbocycles. The molecule has 0 spiro atoms. The second-order valence-electron chi connectivity index (χ2n) is 4.62. The molecule has 0 aliphatic rings. The molecule has 0 heterocycles. The van der Waals surface area contributed by atoms with Crippen molar-refractivity contribution in [3.8, 4) is 5.75 Å². The number of Topliss-reactive ketones (excluding diaryl/α,β-unsaturated/α-hetero) is 1. The highest BCUT2D eigenvalue weighted by molar-refractivity contribution is 6.00. The normalized spacial score (nSPS) is 10.2. The summed E-state index contributed by atoms with van der Waals surface area (Å²) in [6.07, 6.45) is 1.10. The molecule has 0 saturated carbocycles. The van der Waals surface area contributed by atoms with Crippen molar-refractivity contribution in [2.75, 3.05) is 20.2 Å². The molecule has 0 aromatic heterocycles. The molecule has 110 valence electrons. The number of hydrogen-bond acceptors (Lipinski definition) is 4. The highest BCUT2D eigenvalue weighted by Crippen LogP contribution is 2.21. The Morgan fingerprint density at radius 2 is 2.05 bits per heavy atom. The van der Waals surface area contributed by atoms with Gasteiger partial charge in [-0.25, -0.2) is 0 Å². The number of benzene rings is 1. The van der Waals surface area contributed by atoms with Crippen LogP contribution < -0.4 is 15.8 Å². The molecule has 0 fully saturated rings. The van der Waals surface area contributed by atoms with E-state index in [2.05, 4.69) is 5.32 Å². The van der Waals surface area contributed by atoms with E-state index in [-0.39, 0.29) is 24.5 Å². The molecule has 1 amide bonds. The van der Waals surface area contributed by atoms with E-state index in [1.807, 2.05) is 13.0 Å². The number of amides is 1. The maximum absolute atomic E-state index is 12.1. The number of nitrogens with two attached hydrogens (primary N) is 1. The number of carbonyl (C=O) groups excluding carboxylic acids is 2. The number of carbonyl (C=O) groups is 2. The van der Waals surface area contributed by atoms with Crippen LogP contribution in [0.3, 0.4) is 0 Å². The minimum Gasteiger partial charge on any atom is -0.496 e. The first-order valence-corrected chi connectivity index (χ1v) is 6.73. The summed E-state index contributed by atoms with van der Waals surface area (Å²) in [5.41, 5.74) is 6.86. The number of rotatable bonds is 8. The first-order chi connectivity index (χ1) is 9.58. The van der Waals surface area contributed by atoms with Crippen molar-refractivity contribution in [2.24, 2.45) is 5.73 Å². The molecule has 5 heteroatoms. The van der Waals surface area contributed by atoms with Crippen molar-refractivity contribution in [3.63, 3.8) is 0 Å². The lowest BCUT2D eigenvalue weighted by Crippen LogP contribution is -2.26. The van der Waals surface area contributed by atoms with E-state index in [0.717, 1.165) is 12.0 Å². The quantitative estimate of drug-likeness (QED) is 0.557. The SMILES string of the molecule is COc1ccc(C)cc1C(=O)CCC(=O)NCCCN. The maximum Gasteiger partial charge on any atom is 0.220 e. The minimum absolute atomic E-state index is 0.0838. The van der Waals surface area contributed by atoms with Gasteiger partial charge in [0.2, 0.25) is 5.91 Å². The van der Waals surface area contributed by atoms with Crippen LogP contribution in [0.25, 0.3) is 0 Å². The molecular weight excluding hydrogens is 256 g/mol. The Hall–Kier alpha value is -1.88. The van der Waals surface area contributed by atoms with E-state index >= 15 is 0 Å². The fourth-order valence-corrected chi connectivity index (χ4v) is 1.82. The molecule has 0 unspecified atom stereocenters. The van der Waals surface area contributed by atoms with Gasteiger partial charge in [-0.05, 0) is 32.0 Å². The summed E-state index contributed by atoms with van der Waals surface area (Å²) >= 11 is 0. The molecule has 1 aromatic rings. The Morgan fingerprint density at radius 3 is 2.70 bits per heavy atom. The highest BCUT2D eigenvalue weighted by atomic mass is 16.5. The highest BCUT2D eigenvalue weighted by Gasteiger charge is 2.14. The molecule has 20 heavy (non-hydrogen) atoms. The Bertz CT molecular complexity index is 472. The summed E-state index contributed by atoms with van der Waals surface area (Å²) in [6.45, 7) is 3.01. The predicted octanol–water partition coefficient (Wildman–Crippen LogP) is 1.43. The topological polar surface area (TPSA) is 81.4 Å². The monoisotopic (exact) mass is 278 g/mol. The van der Waals surface area contributed by atoms with Crippen LogP contribution in [0.1, 0.15) is 35.2 Å². The third-order valence-corrected chi connectivity index (χ3v) is 2.94. The average Bonchev–Trinajstić information content (AvgIpc) is 2.45. The Kier molecular flexibility index (Phi) is 6.73. The third kappa shape index (κ3) is 5.01. The smallest absolute Gasteiger partial charge is 0.220 e. The van der Waals surface area contributed by atoms with Gasteiger partial charge in [-0.15, -0.1) is 0 Å². The number of hydrogen-bond donors (Lipinski definition) is 2. The first-order valence-electron chi connectivity index (χ1n) is 6.73. The molecular formula is C15H22N2O3. The van der Waals surface area contributed by atoms with Gasteiger partial charge >= 0.3 is 0 Å². The Morgan fingerprint density at radius 1 is 1.30 bits per heavy atom. The van der Waals surface area contributed by atoms with Gasteiger partial charge in [-0.3, -0.25) is 9.59 Å². The van der Waals surface area contributed by atoms with Crippen LogP contribution in [0, 0.1) is 6.92 Å². The van der Waals surface area contributed by atoms with E-state index in [1.165, 1.54) is 7.11 Å². The fourth-order valence-electron chi connectivity index (χ4n) is 1.82. The van der Waals surface area contributed by atoms with Crippen LogP contribution in [-0.4, -0.2) is 31.9 Å². The lowest BCUT2D eigenvalue weighted by atomic mass is 10.0. The van der Waals surface area contributed by atoms with Gasteiger partial charge < -0.3 is 15.8 Å². The van der Waals surface area contributed by atoms with Gasteiger partial charge in [0.05, 0.1) is 12.7 Å². The fraction of sp³-hybridized carbons (Fsp3) is 0.467. The van der Waals surface area contributed by atoms with Gasteiger partial charge in [0.15, 0.2) is 5.78 Å². The number of nitrogens with one attached hydrogen (secondary N) is 1. The summed E-state index contributed by atoms with van der Waals surface area (Å²) in [4.78, 5) is 23.7. The summed E-state index contributed by atoms with van der Waals surface area (Å²) in [5, 5.41) is 2.73. The van der Waals surface area contributed by atoms with Crippen molar-refractivity contribution in [3.05, 3.63) is 29.3 Å². The Balaban J connectivity index is 2.54. The zero-order valence-electron chi connectivity index (χ0n) is 12.1. The van der Waals surface area contributed by atoms with Gasteiger partial charge in [0, 0.05) is 19.4 Å². The van der Waals surface area contributed by atoms with Crippen LogP contribution in [0.15, 0.2) is 18.2 Å². The molecule has 3 N–H and O–H groups in total. The molecule has 0 radical (unpaired) electrons. The zero-order chi connectivity index (χ0) is 15.0. The van der Waals surface area contributed by atoms with Crippen molar-refractivity contribution in [1.29, 1.82) is 0 Å². The van der Waals surface area contributed by atoms with Crippen LogP contribution in [0.5, 0.6) is 5.75 Å². The van der Waals surface area contributed by atoms with E-state index in [9.17, 15) is 9.59 Å². The number of aryl methyl sites for hydroxylation is 1. The van der Waals surface area contributed by atoms with E-state index in [4.69, 9.17) is 10.5 Å². The number of ether oxygens (including phenoxy) is 1. The number of methoxy groups -OCH3 is 1. The minimum atomic E-state index is -0.126. The summed E-state index contributed by atoms with van der Waals surface area (Å²) in [7, 11) is 1.53. The van der Waals surface area contributed by atoms with E-state index in [1.54, 1.807) is 12.1 Å². The van der Waals surface area contributed by atoms with Crippen molar-refractivity contribution in [1.82, 2.24) is 5.32 Å². The standard InChI is InChI=1S/C15H22N2O3/c1-11-4-6-14(20-2)12(10-11)13(18)5-7-15(19)17-9-3-8-16/h4,6,10H,3,5,7-9,16H2,1-2H3,(H,17,19).